The van der Waals surface area contributed by atoms with Gasteiger partial charge in [-0.1, -0.05) is 50.1 Å². The van der Waals surface area contributed by atoms with Crippen LogP contribution in [0.5, 0.6) is 0 Å². The Morgan fingerprint density at radius 3 is 2.35 bits per heavy atom. The molecular weight excluding hydrogens is 244 g/mol. The first-order chi connectivity index (χ1) is 9.69. The van der Waals surface area contributed by atoms with E-state index in [0.717, 1.165) is 19.4 Å². The molecule has 0 aliphatic rings. The Hall–Kier alpha value is -0.860. The van der Waals surface area contributed by atoms with Crippen molar-refractivity contribution in [3.05, 3.63) is 35.9 Å². The van der Waals surface area contributed by atoms with Crippen molar-refractivity contribution in [2.24, 2.45) is 5.73 Å². The Labute approximate surface area is 125 Å². The quantitative estimate of drug-likeness (QED) is 0.658. The van der Waals surface area contributed by atoms with E-state index in [1.165, 1.54) is 31.4 Å². The van der Waals surface area contributed by atoms with Crippen LogP contribution in [0.4, 0.5) is 0 Å². The molecule has 0 saturated heterocycles. The first-order valence-corrected chi connectivity index (χ1v) is 8.18. The van der Waals surface area contributed by atoms with Crippen LogP contribution in [-0.2, 0) is 6.42 Å². The number of unbranched alkanes of at least 4 members (excludes halogenated alkanes) is 2. The summed E-state index contributed by atoms with van der Waals surface area (Å²) >= 11 is 0. The van der Waals surface area contributed by atoms with E-state index in [2.05, 4.69) is 56.0 Å². The van der Waals surface area contributed by atoms with Crippen LogP contribution in [0.25, 0.3) is 0 Å². The van der Waals surface area contributed by atoms with Crippen molar-refractivity contribution in [3.8, 4) is 0 Å². The fraction of sp³-hybridized carbons (Fsp3) is 0.667. The second-order valence-electron chi connectivity index (χ2n) is 5.95. The predicted molar refractivity (Wildman–Crippen MR) is 89.0 cm³/mol. The van der Waals surface area contributed by atoms with Crippen molar-refractivity contribution in [1.82, 2.24) is 4.90 Å². The molecule has 1 aromatic rings. The molecule has 2 N–H and O–H groups in total. The number of nitrogens with zero attached hydrogens (tertiary/aromatic N) is 1. The summed E-state index contributed by atoms with van der Waals surface area (Å²) in [5, 5.41) is 0. The number of hydrogen-bond donors (Lipinski definition) is 1. The van der Waals surface area contributed by atoms with Gasteiger partial charge >= 0.3 is 0 Å². The molecule has 0 spiro atoms. The lowest BCUT2D eigenvalue weighted by Gasteiger charge is -2.34. The highest BCUT2D eigenvalue weighted by atomic mass is 15.2. The minimum Gasteiger partial charge on any atom is -0.329 e. The third kappa shape index (κ3) is 6.06. The van der Waals surface area contributed by atoms with E-state index < -0.39 is 0 Å². The molecule has 0 fully saturated rings. The van der Waals surface area contributed by atoms with Crippen molar-refractivity contribution in [3.63, 3.8) is 0 Å². The monoisotopic (exact) mass is 276 g/mol. The number of aryl methyl sites for hydroxylation is 1. The third-order valence-corrected chi connectivity index (χ3v) is 4.03. The molecule has 114 valence electrons. The largest absolute Gasteiger partial charge is 0.329 e. The molecule has 1 aromatic carbocycles. The van der Waals surface area contributed by atoms with Crippen molar-refractivity contribution >= 4 is 0 Å². The van der Waals surface area contributed by atoms with Gasteiger partial charge in [0, 0.05) is 18.6 Å². The number of nitrogens with two attached hydrogens (primary N) is 1. The molecule has 0 bridgehead atoms. The van der Waals surface area contributed by atoms with E-state index in [9.17, 15) is 0 Å². The molecule has 0 heterocycles. The van der Waals surface area contributed by atoms with Gasteiger partial charge in [0.15, 0.2) is 0 Å². The molecule has 0 amide bonds. The van der Waals surface area contributed by atoms with Gasteiger partial charge in [-0.25, -0.2) is 0 Å². The molecule has 0 aliphatic heterocycles. The van der Waals surface area contributed by atoms with Crippen molar-refractivity contribution in [1.29, 1.82) is 0 Å². The van der Waals surface area contributed by atoms with E-state index in [-0.39, 0.29) is 0 Å². The first kappa shape index (κ1) is 17.2. The normalized spacial score (nSPS) is 13.1. The molecule has 2 nitrogen and oxygen atoms in total. The second kappa shape index (κ2) is 9.95. The summed E-state index contributed by atoms with van der Waals surface area (Å²) in [5.74, 6) is 0. The zero-order valence-corrected chi connectivity index (χ0v) is 13.5. The van der Waals surface area contributed by atoms with Gasteiger partial charge in [-0.15, -0.1) is 0 Å². The highest BCUT2D eigenvalue weighted by molar-refractivity contribution is 5.14. The number of rotatable bonds is 10. The summed E-state index contributed by atoms with van der Waals surface area (Å²) in [4.78, 5) is 2.60. The maximum atomic E-state index is 6.04. The Balaban J connectivity index is 2.51. The van der Waals surface area contributed by atoms with Gasteiger partial charge in [0.1, 0.15) is 0 Å². The summed E-state index contributed by atoms with van der Waals surface area (Å²) < 4.78 is 0. The summed E-state index contributed by atoms with van der Waals surface area (Å²) in [7, 11) is 0. The third-order valence-electron chi connectivity index (χ3n) is 4.03. The molecule has 0 aliphatic carbocycles. The van der Waals surface area contributed by atoms with Crippen LogP contribution < -0.4 is 5.73 Å². The fourth-order valence-electron chi connectivity index (χ4n) is 2.80. The lowest BCUT2D eigenvalue weighted by molar-refractivity contribution is 0.146. The van der Waals surface area contributed by atoms with Crippen LogP contribution in [0.15, 0.2) is 30.3 Å². The van der Waals surface area contributed by atoms with Crippen molar-refractivity contribution in [2.45, 2.75) is 65.0 Å². The maximum Gasteiger partial charge on any atom is 0.0224 e. The lowest BCUT2D eigenvalue weighted by atomic mass is 10.0. The first-order valence-electron chi connectivity index (χ1n) is 8.18. The molecule has 1 rings (SSSR count). The zero-order chi connectivity index (χ0) is 14.8. The van der Waals surface area contributed by atoms with Crippen LogP contribution in [0.3, 0.4) is 0 Å². The van der Waals surface area contributed by atoms with Crippen LogP contribution >= 0.6 is 0 Å². The Bertz CT molecular complexity index is 335. The molecule has 0 saturated carbocycles. The average Bonchev–Trinajstić information content (AvgIpc) is 2.46. The van der Waals surface area contributed by atoms with Gasteiger partial charge in [0.2, 0.25) is 0 Å². The summed E-state index contributed by atoms with van der Waals surface area (Å²) in [6, 6.07) is 11.8. The molecule has 1 unspecified atom stereocenters. The smallest absolute Gasteiger partial charge is 0.0224 e. The Kier molecular flexibility index (Phi) is 8.56. The topological polar surface area (TPSA) is 29.3 Å². The highest BCUT2D eigenvalue weighted by Gasteiger charge is 2.19. The van der Waals surface area contributed by atoms with Crippen molar-refractivity contribution in [2.75, 3.05) is 13.1 Å². The van der Waals surface area contributed by atoms with E-state index in [4.69, 9.17) is 5.73 Å². The molecule has 1 atom stereocenters. The summed E-state index contributed by atoms with van der Waals surface area (Å²) in [6.07, 6.45) is 6.17. The van der Waals surface area contributed by atoms with Gasteiger partial charge in [0.05, 0.1) is 0 Å². The van der Waals surface area contributed by atoms with Crippen LogP contribution in [0, 0.1) is 0 Å². The Morgan fingerprint density at radius 2 is 1.80 bits per heavy atom. The minimum atomic E-state index is 0.507. The van der Waals surface area contributed by atoms with Gasteiger partial charge in [-0.2, -0.15) is 0 Å². The second-order valence-corrected chi connectivity index (χ2v) is 5.95. The minimum absolute atomic E-state index is 0.507. The molecular formula is C18H32N2. The van der Waals surface area contributed by atoms with Crippen LogP contribution in [0.2, 0.25) is 0 Å². The van der Waals surface area contributed by atoms with Gasteiger partial charge in [-0.05, 0) is 45.2 Å². The van der Waals surface area contributed by atoms with Crippen molar-refractivity contribution < 1.29 is 0 Å². The fourth-order valence-corrected chi connectivity index (χ4v) is 2.80. The number of benzene rings is 1. The molecule has 20 heavy (non-hydrogen) atoms. The number of hydrogen-bond acceptors (Lipinski definition) is 2. The zero-order valence-electron chi connectivity index (χ0n) is 13.5. The highest BCUT2D eigenvalue weighted by Crippen LogP contribution is 2.14. The van der Waals surface area contributed by atoms with Gasteiger partial charge in [0.25, 0.3) is 0 Å². The predicted octanol–water partition coefficient (Wildman–Crippen LogP) is 3.85. The van der Waals surface area contributed by atoms with E-state index in [1.807, 2.05) is 0 Å². The maximum absolute atomic E-state index is 6.04. The van der Waals surface area contributed by atoms with E-state index in [0.29, 0.717) is 12.1 Å². The average molecular weight is 276 g/mol. The standard InChI is InChI=1S/C18H32N2/c1-4-5-9-14-20(16(2)3)18(15-19)13-12-17-10-7-6-8-11-17/h6-8,10-11,16,18H,4-5,9,12-15,19H2,1-3H3. The van der Waals surface area contributed by atoms with Crippen LogP contribution in [-0.4, -0.2) is 30.1 Å². The Morgan fingerprint density at radius 1 is 1.10 bits per heavy atom. The van der Waals surface area contributed by atoms with Crippen LogP contribution in [0.1, 0.15) is 52.0 Å². The van der Waals surface area contributed by atoms with Gasteiger partial charge in [-0.3, -0.25) is 4.90 Å². The summed E-state index contributed by atoms with van der Waals surface area (Å²) in [6.45, 7) is 8.78. The van der Waals surface area contributed by atoms with Gasteiger partial charge < -0.3 is 5.73 Å². The van der Waals surface area contributed by atoms with E-state index in [1.54, 1.807) is 0 Å². The SMILES string of the molecule is CCCCCN(C(C)C)C(CN)CCc1ccccc1. The lowest BCUT2D eigenvalue weighted by Crippen LogP contribution is -2.45. The molecule has 0 aromatic heterocycles. The molecule has 2 heteroatoms. The summed E-state index contributed by atoms with van der Waals surface area (Å²) in [5.41, 5.74) is 7.46. The molecule has 0 radical (unpaired) electrons. The van der Waals surface area contributed by atoms with E-state index >= 15 is 0 Å².